The van der Waals surface area contributed by atoms with E-state index in [4.69, 9.17) is 4.74 Å². The largest absolute Gasteiger partial charge is 0.497 e. The van der Waals surface area contributed by atoms with Crippen molar-refractivity contribution in [3.05, 3.63) is 24.5 Å². The Morgan fingerprint density at radius 1 is 1.64 bits per heavy atom. The summed E-state index contributed by atoms with van der Waals surface area (Å²) in [5, 5.41) is 3.29. The molecule has 0 aromatic heterocycles. The first kappa shape index (κ1) is 8.34. The summed E-state index contributed by atoms with van der Waals surface area (Å²) in [5.41, 5.74) is 1.36. The van der Waals surface area contributed by atoms with Crippen LogP contribution in [0.3, 0.4) is 0 Å². The van der Waals surface area contributed by atoms with Crippen LogP contribution in [0.2, 0.25) is 0 Å². The van der Waals surface area contributed by atoms with Gasteiger partial charge >= 0.3 is 0 Å². The summed E-state index contributed by atoms with van der Waals surface area (Å²) < 4.78 is 5.20. The van der Waals surface area contributed by atoms with Crippen LogP contribution in [0, 0.1) is 0 Å². The molecule has 2 heteroatoms. The fourth-order valence-electron chi connectivity index (χ4n) is 1.11. The maximum Gasteiger partial charge on any atom is 0.105 e. The second-order valence-corrected chi connectivity index (χ2v) is 2.68. The summed E-state index contributed by atoms with van der Waals surface area (Å²) in [7, 11) is 0. The summed E-state index contributed by atoms with van der Waals surface area (Å²) in [6.45, 7) is 6.31. The van der Waals surface area contributed by atoms with Gasteiger partial charge in [-0.15, -0.1) is 0 Å². The zero-order chi connectivity index (χ0) is 7.94. The van der Waals surface area contributed by atoms with Crippen molar-refractivity contribution in [2.75, 3.05) is 19.7 Å². The molecule has 11 heavy (non-hydrogen) atoms. The summed E-state index contributed by atoms with van der Waals surface area (Å²) in [5.74, 6) is 0. The second kappa shape index (κ2) is 4.97. The molecule has 1 fully saturated rings. The first-order chi connectivity index (χ1) is 5.43. The molecule has 0 atom stereocenters. The number of ether oxygens (including phenoxy) is 1. The second-order valence-electron chi connectivity index (χ2n) is 2.68. The third kappa shape index (κ3) is 3.23. The van der Waals surface area contributed by atoms with Crippen LogP contribution in [0.15, 0.2) is 24.5 Å². The van der Waals surface area contributed by atoms with Crippen molar-refractivity contribution in [3.8, 4) is 0 Å². The molecule has 1 N–H and O–H groups in total. The molecule has 1 aliphatic rings. The van der Waals surface area contributed by atoms with Crippen LogP contribution in [0.25, 0.3) is 0 Å². The molecule has 1 aliphatic heterocycles. The zero-order valence-corrected chi connectivity index (χ0v) is 6.81. The quantitative estimate of drug-likeness (QED) is 0.376. The molecule has 1 rings (SSSR count). The van der Waals surface area contributed by atoms with Gasteiger partial charge in [0.15, 0.2) is 0 Å². The third-order valence-electron chi connectivity index (χ3n) is 1.67. The van der Waals surface area contributed by atoms with Gasteiger partial charge in [-0.1, -0.05) is 12.7 Å². The van der Waals surface area contributed by atoms with Crippen LogP contribution in [-0.2, 0) is 4.74 Å². The highest BCUT2D eigenvalue weighted by atomic mass is 16.5. The van der Waals surface area contributed by atoms with Crippen molar-refractivity contribution in [1.29, 1.82) is 0 Å². The van der Waals surface area contributed by atoms with Gasteiger partial charge in [0.25, 0.3) is 0 Å². The molecule has 2 nitrogen and oxygen atoms in total. The van der Waals surface area contributed by atoms with Gasteiger partial charge in [-0.25, -0.2) is 0 Å². The average molecular weight is 153 g/mol. The number of piperidine rings is 1. The Hall–Kier alpha value is -0.760. The van der Waals surface area contributed by atoms with E-state index in [9.17, 15) is 0 Å². The van der Waals surface area contributed by atoms with E-state index in [1.54, 1.807) is 6.08 Å². The fraction of sp³-hybridized carbons (Fsp3) is 0.556. The molecule has 0 aliphatic carbocycles. The fourth-order valence-corrected chi connectivity index (χ4v) is 1.11. The van der Waals surface area contributed by atoms with Crippen LogP contribution >= 0.6 is 0 Å². The van der Waals surface area contributed by atoms with Gasteiger partial charge < -0.3 is 10.1 Å². The van der Waals surface area contributed by atoms with E-state index in [0.29, 0.717) is 6.61 Å². The maximum atomic E-state index is 5.20. The third-order valence-corrected chi connectivity index (χ3v) is 1.67. The standard InChI is InChI=1S/C9H15NO/c1-2-6-11-8-9-4-3-5-10-7-9/h2,8,10H,1,3-7H2. The van der Waals surface area contributed by atoms with Gasteiger partial charge in [0.05, 0.1) is 6.26 Å². The lowest BCUT2D eigenvalue weighted by atomic mass is 10.1. The lowest BCUT2D eigenvalue weighted by Gasteiger charge is -2.14. The Morgan fingerprint density at radius 2 is 2.55 bits per heavy atom. The molecular weight excluding hydrogens is 138 g/mol. The Balaban J connectivity index is 2.20. The molecule has 1 heterocycles. The predicted molar refractivity (Wildman–Crippen MR) is 46.3 cm³/mol. The molecule has 0 aromatic carbocycles. The van der Waals surface area contributed by atoms with E-state index in [0.717, 1.165) is 13.1 Å². The van der Waals surface area contributed by atoms with Crippen LogP contribution in [0.1, 0.15) is 12.8 Å². The van der Waals surface area contributed by atoms with E-state index in [-0.39, 0.29) is 0 Å². The van der Waals surface area contributed by atoms with Gasteiger partial charge in [-0.2, -0.15) is 0 Å². The Morgan fingerprint density at radius 3 is 3.18 bits per heavy atom. The number of hydrogen-bond acceptors (Lipinski definition) is 2. The van der Waals surface area contributed by atoms with Crippen molar-refractivity contribution in [3.63, 3.8) is 0 Å². The summed E-state index contributed by atoms with van der Waals surface area (Å²) in [4.78, 5) is 0. The highest BCUT2D eigenvalue weighted by molar-refractivity contribution is 5.03. The molecule has 0 spiro atoms. The highest BCUT2D eigenvalue weighted by Gasteiger charge is 2.03. The van der Waals surface area contributed by atoms with Gasteiger partial charge in [0.2, 0.25) is 0 Å². The molecule has 1 saturated heterocycles. The molecule has 0 radical (unpaired) electrons. The molecule has 0 saturated carbocycles. The first-order valence-electron chi connectivity index (χ1n) is 4.04. The molecule has 0 amide bonds. The molecule has 0 unspecified atom stereocenters. The van der Waals surface area contributed by atoms with Gasteiger partial charge in [0, 0.05) is 6.54 Å². The molecular formula is C9H15NO. The highest BCUT2D eigenvalue weighted by Crippen LogP contribution is 2.07. The minimum Gasteiger partial charge on any atom is -0.497 e. The topological polar surface area (TPSA) is 21.3 Å². The van der Waals surface area contributed by atoms with Gasteiger partial charge in [-0.05, 0) is 25.0 Å². The molecule has 0 aromatic rings. The normalized spacial score (nSPS) is 21.6. The van der Waals surface area contributed by atoms with Crippen molar-refractivity contribution in [2.24, 2.45) is 0 Å². The van der Waals surface area contributed by atoms with Crippen molar-refractivity contribution < 1.29 is 4.74 Å². The van der Waals surface area contributed by atoms with Gasteiger partial charge in [-0.3, -0.25) is 0 Å². The molecule has 62 valence electrons. The van der Waals surface area contributed by atoms with E-state index >= 15 is 0 Å². The minimum absolute atomic E-state index is 0.615. The van der Waals surface area contributed by atoms with E-state index in [1.165, 1.54) is 18.4 Å². The molecule has 0 bridgehead atoms. The van der Waals surface area contributed by atoms with Crippen LogP contribution < -0.4 is 5.32 Å². The SMILES string of the molecule is C=CCOC=C1CCCNC1. The maximum absolute atomic E-state index is 5.20. The lowest BCUT2D eigenvalue weighted by Crippen LogP contribution is -2.23. The van der Waals surface area contributed by atoms with E-state index < -0.39 is 0 Å². The smallest absolute Gasteiger partial charge is 0.105 e. The Kier molecular flexibility index (Phi) is 3.76. The number of nitrogens with one attached hydrogen (secondary N) is 1. The Bertz CT molecular complexity index is 144. The minimum atomic E-state index is 0.615. The van der Waals surface area contributed by atoms with Crippen molar-refractivity contribution in [1.82, 2.24) is 5.32 Å². The monoisotopic (exact) mass is 153 g/mol. The zero-order valence-electron chi connectivity index (χ0n) is 6.81. The van der Waals surface area contributed by atoms with E-state index in [2.05, 4.69) is 11.9 Å². The summed E-state index contributed by atoms with van der Waals surface area (Å²) >= 11 is 0. The van der Waals surface area contributed by atoms with Crippen LogP contribution in [-0.4, -0.2) is 19.7 Å². The number of hydrogen-bond donors (Lipinski definition) is 1. The average Bonchev–Trinajstić information content (AvgIpc) is 2.07. The van der Waals surface area contributed by atoms with Gasteiger partial charge in [0.1, 0.15) is 6.61 Å². The van der Waals surface area contributed by atoms with E-state index in [1.807, 2.05) is 6.26 Å². The predicted octanol–water partition coefficient (Wildman–Crippen LogP) is 1.46. The van der Waals surface area contributed by atoms with Crippen molar-refractivity contribution >= 4 is 0 Å². The summed E-state index contributed by atoms with van der Waals surface area (Å²) in [6, 6.07) is 0. The summed E-state index contributed by atoms with van der Waals surface area (Å²) in [6.07, 6.45) is 6.01. The first-order valence-corrected chi connectivity index (χ1v) is 4.04. The van der Waals surface area contributed by atoms with Crippen molar-refractivity contribution in [2.45, 2.75) is 12.8 Å². The lowest BCUT2D eigenvalue weighted by molar-refractivity contribution is 0.283. The van der Waals surface area contributed by atoms with Crippen LogP contribution in [0.5, 0.6) is 0 Å². The number of rotatable bonds is 3. The van der Waals surface area contributed by atoms with Crippen LogP contribution in [0.4, 0.5) is 0 Å². The Labute approximate surface area is 67.9 Å².